The third-order valence-corrected chi connectivity index (χ3v) is 5.13. The second-order valence-electron chi connectivity index (χ2n) is 5.77. The summed E-state index contributed by atoms with van der Waals surface area (Å²) in [7, 11) is 1.68. The molecule has 0 fully saturated rings. The molecule has 0 atom stereocenters. The highest BCUT2D eigenvalue weighted by Gasteiger charge is 2.10. The van der Waals surface area contributed by atoms with E-state index in [4.69, 9.17) is 4.74 Å². The van der Waals surface area contributed by atoms with E-state index in [0.29, 0.717) is 5.92 Å². The van der Waals surface area contributed by atoms with Crippen LogP contribution in [-0.4, -0.2) is 23.6 Å². The minimum Gasteiger partial charge on any atom is -0.497 e. The van der Waals surface area contributed by atoms with Crippen LogP contribution in [0.25, 0.3) is 10.2 Å². The van der Waals surface area contributed by atoms with Crippen LogP contribution in [0.3, 0.4) is 0 Å². The number of fused-ring (bicyclic) bond motifs is 1. The third-order valence-electron chi connectivity index (χ3n) is 3.78. The van der Waals surface area contributed by atoms with Gasteiger partial charge in [0.2, 0.25) is 0 Å². The van der Waals surface area contributed by atoms with Crippen LogP contribution < -0.4 is 10.1 Å². The van der Waals surface area contributed by atoms with Gasteiger partial charge in [0.05, 0.1) is 12.5 Å². The lowest BCUT2D eigenvalue weighted by atomic mass is 10.1. The van der Waals surface area contributed by atoms with Crippen LogP contribution in [0.5, 0.6) is 5.75 Å². The zero-order valence-electron chi connectivity index (χ0n) is 13.7. The molecule has 0 aliphatic rings. The predicted octanol–water partition coefficient (Wildman–Crippen LogP) is 4.48. The van der Waals surface area contributed by atoms with E-state index in [1.165, 1.54) is 10.4 Å². The van der Waals surface area contributed by atoms with E-state index >= 15 is 0 Å². The molecule has 0 radical (unpaired) electrons. The highest BCUT2D eigenvalue weighted by molar-refractivity contribution is 7.18. The van der Waals surface area contributed by atoms with E-state index in [-0.39, 0.29) is 0 Å². The Labute approximate surface area is 140 Å². The summed E-state index contributed by atoms with van der Waals surface area (Å²) >= 11 is 1.75. The van der Waals surface area contributed by atoms with Crippen LogP contribution in [0.15, 0.2) is 36.7 Å². The number of hydrogen-bond acceptors (Lipinski definition) is 5. The van der Waals surface area contributed by atoms with E-state index in [2.05, 4.69) is 47.3 Å². The molecule has 0 unspecified atom stereocenters. The molecule has 0 spiro atoms. The quantitative estimate of drug-likeness (QED) is 0.725. The maximum absolute atomic E-state index is 5.18. The molecular weight excluding hydrogens is 306 g/mol. The van der Waals surface area contributed by atoms with Gasteiger partial charge in [-0.2, -0.15) is 0 Å². The first-order chi connectivity index (χ1) is 11.2. The van der Waals surface area contributed by atoms with Crippen molar-refractivity contribution in [1.82, 2.24) is 9.97 Å². The number of ether oxygens (including phenoxy) is 1. The molecule has 0 saturated heterocycles. The number of methoxy groups -OCH3 is 1. The van der Waals surface area contributed by atoms with Gasteiger partial charge < -0.3 is 10.1 Å². The molecule has 2 aromatic heterocycles. The highest BCUT2D eigenvalue weighted by Crippen LogP contribution is 2.32. The van der Waals surface area contributed by atoms with E-state index in [1.807, 2.05) is 12.1 Å². The average Bonchev–Trinajstić information content (AvgIpc) is 3.01. The third kappa shape index (κ3) is 3.62. The summed E-state index contributed by atoms with van der Waals surface area (Å²) in [6.45, 7) is 5.25. The molecule has 4 nitrogen and oxygen atoms in total. The van der Waals surface area contributed by atoms with Crippen molar-refractivity contribution >= 4 is 27.4 Å². The largest absolute Gasteiger partial charge is 0.497 e. The Bertz CT molecular complexity index is 781. The van der Waals surface area contributed by atoms with E-state index in [1.54, 1.807) is 24.8 Å². The Morgan fingerprint density at radius 2 is 1.96 bits per heavy atom. The van der Waals surface area contributed by atoms with Crippen molar-refractivity contribution in [3.8, 4) is 5.75 Å². The number of nitrogens with zero attached hydrogens (tertiary/aromatic N) is 2. The van der Waals surface area contributed by atoms with Crippen LogP contribution in [-0.2, 0) is 6.42 Å². The fourth-order valence-corrected chi connectivity index (χ4v) is 3.42. The van der Waals surface area contributed by atoms with Gasteiger partial charge in [-0.05, 0) is 36.1 Å². The molecule has 1 N–H and O–H groups in total. The lowest BCUT2D eigenvalue weighted by Crippen LogP contribution is -2.06. The fraction of sp³-hybridized carbons (Fsp3) is 0.333. The first-order valence-electron chi connectivity index (χ1n) is 7.78. The molecule has 0 bridgehead atoms. The van der Waals surface area contributed by atoms with Gasteiger partial charge in [-0.25, -0.2) is 9.97 Å². The summed E-state index contributed by atoms with van der Waals surface area (Å²) in [6.07, 6.45) is 2.58. The number of hydrogen-bond donors (Lipinski definition) is 1. The molecule has 0 aliphatic heterocycles. The number of aromatic nitrogens is 2. The van der Waals surface area contributed by atoms with E-state index < -0.39 is 0 Å². The molecule has 120 valence electrons. The zero-order valence-corrected chi connectivity index (χ0v) is 14.5. The number of rotatable bonds is 6. The summed E-state index contributed by atoms with van der Waals surface area (Å²) in [5, 5.41) is 4.56. The lowest BCUT2D eigenvalue weighted by Gasteiger charge is -2.07. The molecule has 3 rings (SSSR count). The van der Waals surface area contributed by atoms with Crippen molar-refractivity contribution in [2.75, 3.05) is 19.0 Å². The van der Waals surface area contributed by atoms with Crippen LogP contribution >= 0.6 is 11.3 Å². The van der Waals surface area contributed by atoms with E-state index in [9.17, 15) is 0 Å². The molecule has 0 saturated carbocycles. The minimum atomic E-state index is 0.515. The van der Waals surface area contributed by atoms with Crippen LogP contribution in [0.2, 0.25) is 0 Å². The van der Waals surface area contributed by atoms with Gasteiger partial charge in [0.1, 0.15) is 22.7 Å². The van der Waals surface area contributed by atoms with Gasteiger partial charge in [-0.3, -0.25) is 0 Å². The van der Waals surface area contributed by atoms with Crippen LogP contribution in [0, 0.1) is 0 Å². The predicted molar refractivity (Wildman–Crippen MR) is 96.7 cm³/mol. The van der Waals surface area contributed by atoms with Crippen molar-refractivity contribution in [3.63, 3.8) is 0 Å². The van der Waals surface area contributed by atoms with Crippen molar-refractivity contribution < 1.29 is 4.74 Å². The summed E-state index contributed by atoms with van der Waals surface area (Å²) in [4.78, 5) is 11.2. The molecule has 0 aliphatic carbocycles. The van der Waals surface area contributed by atoms with Gasteiger partial charge in [0, 0.05) is 11.4 Å². The first kappa shape index (κ1) is 15.7. The van der Waals surface area contributed by atoms with Gasteiger partial charge in [-0.1, -0.05) is 26.0 Å². The molecule has 5 heteroatoms. The molecule has 0 amide bonds. The van der Waals surface area contributed by atoms with Gasteiger partial charge in [-0.15, -0.1) is 11.3 Å². The first-order valence-corrected chi connectivity index (χ1v) is 8.60. The fourth-order valence-electron chi connectivity index (χ4n) is 2.42. The average molecular weight is 327 g/mol. The monoisotopic (exact) mass is 327 g/mol. The number of nitrogens with one attached hydrogen (secondary N) is 1. The summed E-state index contributed by atoms with van der Waals surface area (Å²) in [5.41, 5.74) is 1.27. The van der Waals surface area contributed by atoms with Gasteiger partial charge >= 0.3 is 0 Å². The van der Waals surface area contributed by atoms with Crippen molar-refractivity contribution in [2.45, 2.75) is 26.2 Å². The summed E-state index contributed by atoms with van der Waals surface area (Å²) in [6, 6.07) is 10.4. The van der Waals surface area contributed by atoms with Gasteiger partial charge in [0.15, 0.2) is 0 Å². The standard InChI is InChI=1S/C18H21N3OS/c1-12(2)16-10-15-17(20-11-21-18(15)23-16)19-9-8-13-4-6-14(22-3)7-5-13/h4-7,10-12H,8-9H2,1-3H3,(H,19,20,21). The Kier molecular flexibility index (Phi) is 4.76. The summed E-state index contributed by atoms with van der Waals surface area (Å²) < 4.78 is 5.18. The SMILES string of the molecule is COc1ccc(CCNc2ncnc3sc(C(C)C)cc23)cc1. The van der Waals surface area contributed by atoms with Crippen molar-refractivity contribution in [2.24, 2.45) is 0 Å². The molecule has 1 aromatic carbocycles. The van der Waals surface area contributed by atoms with Crippen LogP contribution in [0.1, 0.15) is 30.2 Å². The Hall–Kier alpha value is -2.14. The minimum absolute atomic E-state index is 0.515. The van der Waals surface area contributed by atoms with Crippen molar-refractivity contribution in [1.29, 1.82) is 0 Å². The lowest BCUT2D eigenvalue weighted by molar-refractivity contribution is 0.414. The second-order valence-corrected chi connectivity index (χ2v) is 6.83. The normalized spacial score (nSPS) is 11.1. The van der Waals surface area contributed by atoms with Gasteiger partial charge in [0.25, 0.3) is 0 Å². The van der Waals surface area contributed by atoms with Crippen molar-refractivity contribution in [3.05, 3.63) is 47.1 Å². The topological polar surface area (TPSA) is 47.0 Å². The Balaban J connectivity index is 1.68. The zero-order chi connectivity index (χ0) is 16.2. The maximum Gasteiger partial charge on any atom is 0.138 e. The molecule has 23 heavy (non-hydrogen) atoms. The number of thiophene rings is 1. The Morgan fingerprint density at radius 3 is 2.65 bits per heavy atom. The van der Waals surface area contributed by atoms with Crippen LogP contribution in [0.4, 0.5) is 5.82 Å². The Morgan fingerprint density at radius 1 is 1.17 bits per heavy atom. The maximum atomic E-state index is 5.18. The smallest absolute Gasteiger partial charge is 0.138 e. The number of anilines is 1. The molecular formula is C18H21N3OS. The van der Waals surface area contributed by atoms with E-state index in [0.717, 1.165) is 34.7 Å². The molecule has 3 aromatic rings. The number of benzene rings is 1. The molecule has 2 heterocycles. The summed E-state index contributed by atoms with van der Waals surface area (Å²) in [5.74, 6) is 2.33. The highest BCUT2D eigenvalue weighted by atomic mass is 32.1. The second kappa shape index (κ2) is 6.96.